The molecule has 0 spiro atoms. The van der Waals surface area contributed by atoms with Crippen LogP contribution in [-0.2, 0) is 11.2 Å². The predicted molar refractivity (Wildman–Crippen MR) is 81.3 cm³/mol. The van der Waals surface area contributed by atoms with Gasteiger partial charge < -0.3 is 15.1 Å². The summed E-state index contributed by atoms with van der Waals surface area (Å²) < 4.78 is 18.5. The van der Waals surface area contributed by atoms with Crippen LogP contribution in [0.25, 0.3) is 0 Å². The molecule has 1 unspecified atom stereocenters. The third kappa shape index (κ3) is 3.59. The molecule has 1 aromatic heterocycles. The number of fused-ring (bicyclic) bond motifs is 1. The van der Waals surface area contributed by atoms with Gasteiger partial charge in [-0.25, -0.2) is 4.39 Å². The van der Waals surface area contributed by atoms with Gasteiger partial charge >= 0.3 is 0 Å². The van der Waals surface area contributed by atoms with E-state index in [0.717, 1.165) is 36.7 Å². The quantitative estimate of drug-likeness (QED) is 0.909. The summed E-state index contributed by atoms with van der Waals surface area (Å²) in [5.74, 6) is -0.344. The molecular weight excluding hydrogens is 299 g/mol. The van der Waals surface area contributed by atoms with Gasteiger partial charge in [0.1, 0.15) is 11.6 Å². The van der Waals surface area contributed by atoms with Crippen molar-refractivity contribution in [2.24, 2.45) is 0 Å². The number of benzene rings is 1. The topological polar surface area (TPSA) is 71.3 Å². The molecule has 2 amide bonds. The standard InChI is InChI=1S/C17H17FN2O3/c18-12-4-1-3-11(9-12)17(22)19-10-16(21)20-14-5-2-6-15-13(14)7-8-23-15/h1,3-4,7-9,14H,2,5-6,10H2,(H,19,22)(H,20,21). The minimum Gasteiger partial charge on any atom is -0.469 e. The van der Waals surface area contributed by atoms with Crippen LogP contribution in [0.15, 0.2) is 41.0 Å². The van der Waals surface area contributed by atoms with Gasteiger partial charge in [-0.1, -0.05) is 6.07 Å². The van der Waals surface area contributed by atoms with Crippen LogP contribution < -0.4 is 10.6 Å². The molecule has 1 aliphatic rings. The van der Waals surface area contributed by atoms with E-state index in [4.69, 9.17) is 4.42 Å². The van der Waals surface area contributed by atoms with Crippen LogP contribution in [0.5, 0.6) is 0 Å². The number of nitrogens with one attached hydrogen (secondary N) is 2. The smallest absolute Gasteiger partial charge is 0.251 e. The second kappa shape index (κ2) is 6.64. The first kappa shape index (κ1) is 15.3. The summed E-state index contributed by atoms with van der Waals surface area (Å²) in [6.45, 7) is -0.154. The van der Waals surface area contributed by atoms with Crippen molar-refractivity contribution in [3.05, 3.63) is 59.3 Å². The maximum atomic E-state index is 13.1. The molecule has 0 fully saturated rings. The van der Waals surface area contributed by atoms with Gasteiger partial charge in [-0.05, 0) is 37.1 Å². The largest absolute Gasteiger partial charge is 0.469 e. The van der Waals surface area contributed by atoms with E-state index in [0.29, 0.717) is 0 Å². The van der Waals surface area contributed by atoms with Crippen molar-refractivity contribution >= 4 is 11.8 Å². The highest BCUT2D eigenvalue weighted by Gasteiger charge is 2.24. The van der Waals surface area contributed by atoms with Crippen molar-refractivity contribution in [1.29, 1.82) is 0 Å². The van der Waals surface area contributed by atoms with E-state index in [1.54, 1.807) is 6.26 Å². The molecule has 5 nitrogen and oxygen atoms in total. The van der Waals surface area contributed by atoms with Gasteiger partial charge in [-0.3, -0.25) is 9.59 Å². The molecule has 1 aliphatic carbocycles. The zero-order valence-electron chi connectivity index (χ0n) is 12.5. The summed E-state index contributed by atoms with van der Waals surface area (Å²) in [5.41, 5.74) is 1.19. The number of carbonyl (C=O) groups excluding carboxylic acids is 2. The molecule has 2 aromatic rings. The highest BCUT2D eigenvalue weighted by atomic mass is 19.1. The van der Waals surface area contributed by atoms with Crippen LogP contribution in [-0.4, -0.2) is 18.4 Å². The maximum absolute atomic E-state index is 13.1. The average Bonchev–Trinajstić information content (AvgIpc) is 3.02. The lowest BCUT2D eigenvalue weighted by molar-refractivity contribution is -0.121. The Morgan fingerprint density at radius 3 is 3.00 bits per heavy atom. The van der Waals surface area contributed by atoms with E-state index in [1.807, 2.05) is 6.07 Å². The number of aryl methyl sites for hydroxylation is 1. The molecule has 0 radical (unpaired) electrons. The van der Waals surface area contributed by atoms with E-state index < -0.39 is 11.7 Å². The highest BCUT2D eigenvalue weighted by Crippen LogP contribution is 2.30. The zero-order chi connectivity index (χ0) is 16.2. The lowest BCUT2D eigenvalue weighted by Gasteiger charge is -2.22. The minimum atomic E-state index is -0.489. The molecule has 1 heterocycles. The van der Waals surface area contributed by atoms with Gasteiger partial charge in [0.05, 0.1) is 18.8 Å². The Morgan fingerprint density at radius 2 is 2.17 bits per heavy atom. The molecule has 3 rings (SSSR count). The van der Waals surface area contributed by atoms with Crippen molar-refractivity contribution in [2.45, 2.75) is 25.3 Å². The normalized spacial score (nSPS) is 16.5. The second-order valence-corrected chi connectivity index (χ2v) is 5.50. The lowest BCUT2D eigenvalue weighted by Crippen LogP contribution is -2.39. The molecule has 2 N–H and O–H groups in total. The third-order valence-electron chi connectivity index (χ3n) is 3.88. The fourth-order valence-electron chi connectivity index (χ4n) is 2.77. The van der Waals surface area contributed by atoms with Gasteiger partial charge in [0.15, 0.2) is 0 Å². The Bertz CT molecular complexity index is 726. The van der Waals surface area contributed by atoms with E-state index >= 15 is 0 Å². The number of rotatable bonds is 4. The summed E-state index contributed by atoms with van der Waals surface area (Å²) >= 11 is 0. The Hall–Kier alpha value is -2.63. The van der Waals surface area contributed by atoms with Crippen LogP contribution in [0.2, 0.25) is 0 Å². The molecule has 1 atom stereocenters. The summed E-state index contributed by atoms with van der Waals surface area (Å²) in [6.07, 6.45) is 4.29. The Morgan fingerprint density at radius 1 is 1.30 bits per heavy atom. The summed E-state index contributed by atoms with van der Waals surface area (Å²) in [4.78, 5) is 23.9. The SMILES string of the molecule is O=C(CNC(=O)c1cccc(F)c1)NC1CCCc2occc21. The monoisotopic (exact) mass is 316 g/mol. The average molecular weight is 316 g/mol. The summed E-state index contributed by atoms with van der Waals surface area (Å²) in [6, 6.07) is 7.12. The summed E-state index contributed by atoms with van der Waals surface area (Å²) in [7, 11) is 0. The van der Waals surface area contributed by atoms with Gasteiger partial charge in [0.25, 0.3) is 5.91 Å². The van der Waals surface area contributed by atoms with Gasteiger partial charge in [0.2, 0.25) is 5.91 Å². The molecule has 0 bridgehead atoms. The van der Waals surface area contributed by atoms with E-state index in [-0.39, 0.29) is 24.1 Å². The number of hydrogen-bond donors (Lipinski definition) is 2. The van der Waals surface area contributed by atoms with E-state index in [9.17, 15) is 14.0 Å². The van der Waals surface area contributed by atoms with Crippen LogP contribution in [0.3, 0.4) is 0 Å². The molecule has 0 saturated carbocycles. The van der Waals surface area contributed by atoms with Gasteiger partial charge in [-0.15, -0.1) is 0 Å². The van der Waals surface area contributed by atoms with Crippen molar-refractivity contribution < 1.29 is 18.4 Å². The number of halogens is 1. The van der Waals surface area contributed by atoms with Crippen molar-refractivity contribution in [2.75, 3.05) is 6.54 Å². The Kier molecular flexibility index (Phi) is 4.41. The molecule has 0 saturated heterocycles. The minimum absolute atomic E-state index is 0.0870. The van der Waals surface area contributed by atoms with E-state index in [2.05, 4.69) is 10.6 Å². The van der Waals surface area contributed by atoms with Crippen LogP contribution in [0.4, 0.5) is 4.39 Å². The van der Waals surface area contributed by atoms with Crippen LogP contribution >= 0.6 is 0 Å². The van der Waals surface area contributed by atoms with Gasteiger partial charge in [-0.2, -0.15) is 0 Å². The van der Waals surface area contributed by atoms with Crippen molar-refractivity contribution in [3.8, 4) is 0 Å². The third-order valence-corrected chi connectivity index (χ3v) is 3.88. The van der Waals surface area contributed by atoms with Crippen LogP contribution in [0.1, 0.15) is 40.6 Å². The fraction of sp³-hybridized carbons (Fsp3) is 0.294. The van der Waals surface area contributed by atoms with Crippen LogP contribution in [0, 0.1) is 5.82 Å². The number of carbonyl (C=O) groups is 2. The number of hydrogen-bond acceptors (Lipinski definition) is 3. The molecule has 23 heavy (non-hydrogen) atoms. The summed E-state index contributed by atoms with van der Waals surface area (Å²) in [5, 5.41) is 5.38. The predicted octanol–water partition coefficient (Wildman–Crippen LogP) is 2.34. The first-order chi connectivity index (χ1) is 11.1. The van der Waals surface area contributed by atoms with E-state index in [1.165, 1.54) is 18.2 Å². The highest BCUT2D eigenvalue weighted by molar-refractivity contribution is 5.96. The number of amides is 2. The number of furan rings is 1. The first-order valence-corrected chi connectivity index (χ1v) is 7.53. The van der Waals surface area contributed by atoms with Crippen molar-refractivity contribution in [3.63, 3.8) is 0 Å². The maximum Gasteiger partial charge on any atom is 0.251 e. The van der Waals surface area contributed by atoms with Gasteiger partial charge in [0, 0.05) is 17.5 Å². The second-order valence-electron chi connectivity index (χ2n) is 5.50. The Balaban J connectivity index is 1.54. The Labute approximate surface area is 132 Å². The molecule has 6 heteroatoms. The van der Waals surface area contributed by atoms with Crippen molar-refractivity contribution in [1.82, 2.24) is 10.6 Å². The first-order valence-electron chi connectivity index (χ1n) is 7.53. The molecule has 120 valence electrons. The lowest BCUT2D eigenvalue weighted by atomic mass is 9.93. The molecular formula is C17H17FN2O3. The molecule has 0 aliphatic heterocycles. The zero-order valence-corrected chi connectivity index (χ0v) is 12.5. The molecule has 1 aromatic carbocycles. The fourth-order valence-corrected chi connectivity index (χ4v) is 2.77.